The highest BCUT2D eigenvalue weighted by atomic mass is 16.6. The molecule has 1 aliphatic heterocycles. The summed E-state index contributed by atoms with van der Waals surface area (Å²) in [5.41, 5.74) is -0.147. The maximum Gasteiger partial charge on any atom is 0.289 e. The number of benzene rings is 1. The standard InChI is InChI=1S/C15H16N4O4/c1-16-15(21)13(17-7-2-3-8-17)10-14(20)18(16)11-5-4-6-12(9-11)19(22)23/h4-6,9-10H,2-3,7-8H2,1H3. The Labute approximate surface area is 131 Å². The third kappa shape index (κ3) is 2.63. The van der Waals surface area contributed by atoms with Crippen molar-refractivity contribution in [3.05, 3.63) is 61.2 Å². The van der Waals surface area contributed by atoms with Crippen LogP contribution >= 0.6 is 0 Å². The topological polar surface area (TPSA) is 90.4 Å². The van der Waals surface area contributed by atoms with E-state index in [0.717, 1.165) is 30.6 Å². The first-order valence-electron chi connectivity index (χ1n) is 7.32. The molecule has 1 aromatic carbocycles. The van der Waals surface area contributed by atoms with Crippen molar-refractivity contribution in [1.29, 1.82) is 0 Å². The third-order valence-electron chi connectivity index (χ3n) is 4.01. The van der Waals surface area contributed by atoms with Gasteiger partial charge in [0.1, 0.15) is 5.69 Å². The number of anilines is 1. The summed E-state index contributed by atoms with van der Waals surface area (Å²) in [5.74, 6) is 0. The highest BCUT2D eigenvalue weighted by molar-refractivity contribution is 5.47. The molecule has 0 atom stereocenters. The van der Waals surface area contributed by atoms with Crippen LogP contribution in [0, 0.1) is 10.1 Å². The number of non-ortho nitro benzene ring substituents is 1. The fourth-order valence-corrected chi connectivity index (χ4v) is 2.87. The molecule has 1 aromatic heterocycles. The zero-order valence-electron chi connectivity index (χ0n) is 12.6. The Hall–Kier alpha value is -2.90. The molecule has 2 aromatic rings. The van der Waals surface area contributed by atoms with Crippen molar-refractivity contribution in [2.45, 2.75) is 12.8 Å². The molecule has 1 saturated heterocycles. The average Bonchev–Trinajstić information content (AvgIpc) is 3.05. The fraction of sp³-hybridized carbons (Fsp3) is 0.333. The first kappa shape index (κ1) is 15.0. The lowest BCUT2D eigenvalue weighted by Crippen LogP contribution is -2.39. The first-order valence-corrected chi connectivity index (χ1v) is 7.32. The van der Waals surface area contributed by atoms with Gasteiger partial charge in [0.2, 0.25) is 0 Å². The van der Waals surface area contributed by atoms with Crippen LogP contribution in [0.25, 0.3) is 5.69 Å². The Morgan fingerprint density at radius 1 is 1.13 bits per heavy atom. The minimum Gasteiger partial charge on any atom is -0.367 e. The van der Waals surface area contributed by atoms with Crippen molar-refractivity contribution in [3.8, 4) is 5.69 Å². The van der Waals surface area contributed by atoms with E-state index in [1.165, 1.54) is 36.0 Å². The van der Waals surface area contributed by atoms with Crippen LogP contribution in [0.15, 0.2) is 39.9 Å². The molecule has 120 valence electrons. The van der Waals surface area contributed by atoms with Gasteiger partial charge in [0, 0.05) is 38.3 Å². The molecule has 8 nitrogen and oxygen atoms in total. The van der Waals surface area contributed by atoms with Crippen LogP contribution in [0.3, 0.4) is 0 Å². The Kier molecular flexibility index (Phi) is 3.73. The van der Waals surface area contributed by atoms with Crippen LogP contribution in [0.5, 0.6) is 0 Å². The molecule has 0 spiro atoms. The summed E-state index contributed by atoms with van der Waals surface area (Å²) in [5, 5.41) is 10.9. The molecule has 0 saturated carbocycles. The predicted molar refractivity (Wildman–Crippen MR) is 85.4 cm³/mol. The number of nitro benzene ring substituents is 1. The van der Waals surface area contributed by atoms with Gasteiger partial charge in [-0.3, -0.25) is 19.7 Å². The summed E-state index contributed by atoms with van der Waals surface area (Å²) in [4.78, 5) is 37.3. The van der Waals surface area contributed by atoms with Gasteiger partial charge in [-0.25, -0.2) is 9.36 Å². The van der Waals surface area contributed by atoms with Gasteiger partial charge in [0.25, 0.3) is 16.8 Å². The van der Waals surface area contributed by atoms with Gasteiger partial charge in [-0.2, -0.15) is 0 Å². The monoisotopic (exact) mass is 316 g/mol. The maximum absolute atomic E-state index is 12.5. The van der Waals surface area contributed by atoms with E-state index in [9.17, 15) is 19.7 Å². The summed E-state index contributed by atoms with van der Waals surface area (Å²) >= 11 is 0. The van der Waals surface area contributed by atoms with E-state index >= 15 is 0 Å². The quantitative estimate of drug-likeness (QED) is 0.623. The number of hydrogen-bond donors (Lipinski definition) is 0. The highest BCUT2D eigenvalue weighted by Gasteiger charge is 2.19. The van der Waals surface area contributed by atoms with E-state index in [-0.39, 0.29) is 16.9 Å². The van der Waals surface area contributed by atoms with Gasteiger partial charge < -0.3 is 4.90 Å². The molecule has 0 N–H and O–H groups in total. The Balaban J connectivity index is 2.16. The number of nitro groups is 1. The van der Waals surface area contributed by atoms with Crippen LogP contribution in [-0.2, 0) is 7.05 Å². The maximum atomic E-state index is 12.5. The van der Waals surface area contributed by atoms with Gasteiger partial charge in [-0.15, -0.1) is 0 Å². The Morgan fingerprint density at radius 2 is 1.83 bits per heavy atom. The van der Waals surface area contributed by atoms with Crippen molar-refractivity contribution >= 4 is 11.4 Å². The summed E-state index contributed by atoms with van der Waals surface area (Å²) in [7, 11) is 1.49. The van der Waals surface area contributed by atoms with Crippen molar-refractivity contribution in [3.63, 3.8) is 0 Å². The lowest BCUT2D eigenvalue weighted by atomic mass is 10.3. The first-order chi connectivity index (χ1) is 11.0. The van der Waals surface area contributed by atoms with Crippen LogP contribution in [0.2, 0.25) is 0 Å². The van der Waals surface area contributed by atoms with Gasteiger partial charge in [0.15, 0.2) is 0 Å². The van der Waals surface area contributed by atoms with Crippen LogP contribution < -0.4 is 16.0 Å². The summed E-state index contributed by atoms with van der Waals surface area (Å²) in [6, 6.07) is 6.97. The zero-order chi connectivity index (χ0) is 16.6. The van der Waals surface area contributed by atoms with Gasteiger partial charge >= 0.3 is 0 Å². The molecule has 0 unspecified atom stereocenters. The summed E-state index contributed by atoms with van der Waals surface area (Å²) < 4.78 is 2.35. The minimum atomic E-state index is -0.536. The summed E-state index contributed by atoms with van der Waals surface area (Å²) in [6.45, 7) is 1.52. The fourth-order valence-electron chi connectivity index (χ4n) is 2.87. The molecule has 0 radical (unpaired) electrons. The van der Waals surface area contributed by atoms with Crippen molar-refractivity contribution in [2.75, 3.05) is 18.0 Å². The van der Waals surface area contributed by atoms with E-state index in [0.29, 0.717) is 5.69 Å². The van der Waals surface area contributed by atoms with Crippen molar-refractivity contribution < 1.29 is 4.92 Å². The summed E-state index contributed by atoms with van der Waals surface area (Å²) in [6.07, 6.45) is 1.99. The van der Waals surface area contributed by atoms with Crippen LogP contribution in [0.4, 0.5) is 11.4 Å². The van der Waals surface area contributed by atoms with Crippen LogP contribution in [-0.4, -0.2) is 27.4 Å². The van der Waals surface area contributed by atoms with Crippen molar-refractivity contribution in [2.24, 2.45) is 7.05 Å². The lowest BCUT2D eigenvalue weighted by molar-refractivity contribution is -0.384. The average molecular weight is 316 g/mol. The van der Waals surface area contributed by atoms with E-state index in [1.807, 2.05) is 4.90 Å². The molecule has 2 heterocycles. The zero-order valence-corrected chi connectivity index (χ0v) is 12.6. The molecular formula is C15H16N4O4. The smallest absolute Gasteiger partial charge is 0.289 e. The number of hydrogen-bond acceptors (Lipinski definition) is 5. The van der Waals surface area contributed by atoms with Gasteiger partial charge in [-0.05, 0) is 18.9 Å². The van der Waals surface area contributed by atoms with E-state index < -0.39 is 10.5 Å². The molecule has 0 aliphatic carbocycles. The number of nitrogens with zero attached hydrogens (tertiary/aromatic N) is 4. The normalized spacial score (nSPS) is 14.2. The molecule has 23 heavy (non-hydrogen) atoms. The Morgan fingerprint density at radius 3 is 2.48 bits per heavy atom. The second-order valence-electron chi connectivity index (χ2n) is 5.48. The molecule has 3 rings (SSSR count). The largest absolute Gasteiger partial charge is 0.367 e. The Bertz CT molecular complexity index is 878. The van der Waals surface area contributed by atoms with E-state index in [2.05, 4.69) is 0 Å². The van der Waals surface area contributed by atoms with Gasteiger partial charge in [-0.1, -0.05) is 6.07 Å². The van der Waals surface area contributed by atoms with E-state index in [1.54, 1.807) is 6.07 Å². The predicted octanol–water partition coefficient (Wildman–Crippen LogP) is 1.04. The number of rotatable bonds is 3. The van der Waals surface area contributed by atoms with Crippen LogP contribution in [0.1, 0.15) is 12.8 Å². The SMILES string of the molecule is Cn1c(=O)c(N2CCCC2)cc(=O)n1-c1cccc([N+](=O)[O-])c1. The molecule has 1 fully saturated rings. The second kappa shape index (κ2) is 5.71. The third-order valence-corrected chi connectivity index (χ3v) is 4.01. The highest BCUT2D eigenvalue weighted by Crippen LogP contribution is 2.17. The molecule has 1 aliphatic rings. The molecule has 0 amide bonds. The van der Waals surface area contributed by atoms with Crippen molar-refractivity contribution in [1.82, 2.24) is 9.36 Å². The molecular weight excluding hydrogens is 300 g/mol. The second-order valence-corrected chi connectivity index (χ2v) is 5.48. The van der Waals surface area contributed by atoms with Gasteiger partial charge in [0.05, 0.1) is 10.6 Å². The van der Waals surface area contributed by atoms with E-state index in [4.69, 9.17) is 0 Å². The minimum absolute atomic E-state index is 0.134. The molecule has 0 bridgehead atoms. The molecule has 8 heteroatoms. The lowest BCUT2D eigenvalue weighted by Gasteiger charge is -2.19. The number of aromatic nitrogens is 2.